The second kappa shape index (κ2) is 4.88. The number of aliphatic hydroxyl groups excluding tert-OH is 1. The van der Waals surface area contributed by atoms with E-state index in [4.69, 9.17) is 0 Å². The lowest BCUT2D eigenvalue weighted by molar-refractivity contribution is 0.136. The Balaban J connectivity index is 2.31. The average Bonchev–Trinajstić information content (AvgIpc) is 2.74. The summed E-state index contributed by atoms with van der Waals surface area (Å²) in [6, 6.07) is 0.353. The van der Waals surface area contributed by atoms with Gasteiger partial charge in [-0.1, -0.05) is 0 Å². The number of nitrogens with zero attached hydrogens (tertiary/aromatic N) is 2. The summed E-state index contributed by atoms with van der Waals surface area (Å²) in [6.07, 6.45) is 1.25. The fourth-order valence-electron chi connectivity index (χ4n) is 1.90. The summed E-state index contributed by atoms with van der Waals surface area (Å²) in [7, 11) is -2.48. The van der Waals surface area contributed by atoms with E-state index in [-0.39, 0.29) is 4.90 Å². The zero-order chi connectivity index (χ0) is 13.3. The molecule has 0 saturated carbocycles. The molecule has 1 fully saturated rings. The lowest BCUT2D eigenvalue weighted by Crippen LogP contribution is -2.44. The Bertz CT molecular complexity index is 537. The first-order valence-electron chi connectivity index (χ1n) is 5.40. The van der Waals surface area contributed by atoms with Gasteiger partial charge in [0.25, 0.3) is 0 Å². The molecule has 2 rings (SSSR count). The monoisotopic (exact) mass is 275 g/mol. The average molecular weight is 275 g/mol. The quantitative estimate of drug-likeness (QED) is 0.752. The number of sulfonamides is 1. The fourth-order valence-corrected chi connectivity index (χ4v) is 3.26. The van der Waals surface area contributed by atoms with Gasteiger partial charge >= 0.3 is 0 Å². The van der Waals surface area contributed by atoms with Gasteiger partial charge in [0.1, 0.15) is 10.7 Å². The molecular weight excluding hydrogens is 261 g/mol. The summed E-state index contributed by atoms with van der Waals surface area (Å²) < 4.78 is 38.5. The van der Waals surface area contributed by atoms with Crippen molar-refractivity contribution in [3.8, 4) is 0 Å². The first-order valence-corrected chi connectivity index (χ1v) is 6.84. The Hall–Kier alpha value is -1.09. The van der Waals surface area contributed by atoms with Crippen LogP contribution in [-0.2, 0) is 10.0 Å². The lowest BCUT2D eigenvalue weighted by Gasteiger charge is -2.25. The Morgan fingerprint density at radius 1 is 1.50 bits per heavy atom. The maximum atomic E-state index is 13.0. The number of pyridine rings is 1. The third-order valence-corrected chi connectivity index (χ3v) is 4.82. The maximum Gasteiger partial charge on any atom is 0.244 e. The van der Waals surface area contributed by atoms with E-state index in [9.17, 15) is 17.9 Å². The van der Waals surface area contributed by atoms with Crippen LogP contribution in [0.4, 0.5) is 4.39 Å². The van der Waals surface area contributed by atoms with E-state index in [0.29, 0.717) is 13.1 Å². The van der Waals surface area contributed by atoms with E-state index in [2.05, 4.69) is 10.3 Å². The molecule has 8 heteroatoms. The van der Waals surface area contributed by atoms with Gasteiger partial charge in [-0.05, 0) is 6.07 Å². The van der Waals surface area contributed by atoms with Crippen molar-refractivity contribution in [1.82, 2.24) is 14.6 Å². The van der Waals surface area contributed by atoms with Crippen LogP contribution in [0.15, 0.2) is 23.4 Å². The molecule has 2 heterocycles. The van der Waals surface area contributed by atoms with Crippen molar-refractivity contribution in [2.45, 2.75) is 17.0 Å². The van der Waals surface area contributed by atoms with E-state index in [1.54, 1.807) is 0 Å². The topological polar surface area (TPSA) is 82.5 Å². The van der Waals surface area contributed by atoms with Gasteiger partial charge in [-0.15, -0.1) is 0 Å². The molecule has 0 radical (unpaired) electrons. The van der Waals surface area contributed by atoms with Crippen molar-refractivity contribution in [3.05, 3.63) is 24.3 Å². The minimum Gasteiger partial charge on any atom is -0.390 e. The second-order valence-corrected chi connectivity index (χ2v) is 6.15. The molecule has 0 bridgehead atoms. The SMILES string of the molecule is CN([C@H]1CNC[C@@H]1O)S(=O)(=O)c1cncc(F)c1. The summed E-state index contributed by atoms with van der Waals surface area (Å²) in [5.41, 5.74) is 0. The lowest BCUT2D eigenvalue weighted by atomic mass is 10.2. The van der Waals surface area contributed by atoms with Crippen molar-refractivity contribution in [3.63, 3.8) is 0 Å². The number of aromatic nitrogens is 1. The zero-order valence-corrected chi connectivity index (χ0v) is 10.6. The smallest absolute Gasteiger partial charge is 0.244 e. The molecule has 1 aromatic rings. The number of hydrogen-bond acceptors (Lipinski definition) is 5. The van der Waals surface area contributed by atoms with Crippen molar-refractivity contribution in [1.29, 1.82) is 0 Å². The Labute approximate surface area is 105 Å². The highest BCUT2D eigenvalue weighted by atomic mass is 32.2. The number of β-amino-alcohol motifs (C(OH)–C–C–N with tert-alkyl or cyclic N) is 1. The van der Waals surface area contributed by atoms with Crippen LogP contribution in [0.1, 0.15) is 0 Å². The maximum absolute atomic E-state index is 13.0. The van der Waals surface area contributed by atoms with Crippen LogP contribution in [0.25, 0.3) is 0 Å². The largest absolute Gasteiger partial charge is 0.390 e. The van der Waals surface area contributed by atoms with E-state index in [1.807, 2.05) is 0 Å². The molecule has 1 aliphatic rings. The molecule has 1 aliphatic heterocycles. The van der Waals surface area contributed by atoms with Gasteiger partial charge in [-0.25, -0.2) is 12.8 Å². The molecule has 100 valence electrons. The van der Waals surface area contributed by atoms with Crippen LogP contribution in [0, 0.1) is 5.82 Å². The first kappa shape index (κ1) is 13.3. The predicted molar refractivity (Wildman–Crippen MR) is 61.8 cm³/mol. The third kappa shape index (κ3) is 2.37. The predicted octanol–water partition coefficient (Wildman–Crippen LogP) is -0.826. The molecule has 1 aromatic heterocycles. The van der Waals surface area contributed by atoms with Crippen molar-refractivity contribution in [2.24, 2.45) is 0 Å². The van der Waals surface area contributed by atoms with Crippen LogP contribution in [0.3, 0.4) is 0 Å². The van der Waals surface area contributed by atoms with E-state index < -0.39 is 28.0 Å². The van der Waals surface area contributed by atoms with Gasteiger partial charge in [0.2, 0.25) is 10.0 Å². The minimum absolute atomic E-state index is 0.218. The number of aliphatic hydroxyl groups is 1. The van der Waals surface area contributed by atoms with Crippen LogP contribution in [-0.4, -0.2) is 55.1 Å². The highest BCUT2D eigenvalue weighted by Crippen LogP contribution is 2.19. The standard InChI is InChI=1S/C10H14FN3O3S/c1-14(9-5-13-6-10(9)15)18(16,17)8-2-7(11)3-12-4-8/h2-4,9-10,13,15H,5-6H2,1H3/t9-,10-/m0/s1. The van der Waals surface area contributed by atoms with Gasteiger partial charge < -0.3 is 10.4 Å². The molecule has 2 N–H and O–H groups in total. The molecule has 0 amide bonds. The van der Waals surface area contributed by atoms with Gasteiger partial charge in [-0.3, -0.25) is 4.98 Å². The number of nitrogens with one attached hydrogen (secondary N) is 1. The van der Waals surface area contributed by atoms with Gasteiger partial charge in [-0.2, -0.15) is 4.31 Å². The first-order chi connectivity index (χ1) is 8.43. The minimum atomic E-state index is -3.85. The molecule has 6 nitrogen and oxygen atoms in total. The van der Waals surface area contributed by atoms with Gasteiger partial charge in [0.15, 0.2) is 0 Å². The van der Waals surface area contributed by atoms with E-state index >= 15 is 0 Å². The Morgan fingerprint density at radius 2 is 2.22 bits per heavy atom. The number of likely N-dealkylation sites (N-methyl/N-ethyl adjacent to an activating group) is 1. The number of rotatable bonds is 3. The van der Waals surface area contributed by atoms with Crippen molar-refractivity contribution < 1.29 is 17.9 Å². The third-order valence-electron chi connectivity index (χ3n) is 2.97. The van der Waals surface area contributed by atoms with Crippen LogP contribution < -0.4 is 5.32 Å². The molecule has 1 saturated heterocycles. The van der Waals surface area contributed by atoms with Crippen LogP contribution in [0.5, 0.6) is 0 Å². The highest BCUT2D eigenvalue weighted by Gasteiger charge is 2.35. The summed E-state index contributed by atoms with van der Waals surface area (Å²) in [6.45, 7) is 0.700. The van der Waals surface area contributed by atoms with Crippen molar-refractivity contribution in [2.75, 3.05) is 20.1 Å². The Morgan fingerprint density at radius 3 is 2.78 bits per heavy atom. The molecule has 0 spiro atoms. The summed E-state index contributed by atoms with van der Waals surface area (Å²) >= 11 is 0. The van der Waals surface area contributed by atoms with E-state index in [0.717, 1.165) is 22.8 Å². The number of halogens is 1. The Kier molecular flexibility index (Phi) is 3.62. The van der Waals surface area contributed by atoms with Gasteiger partial charge in [0, 0.05) is 26.3 Å². The normalized spacial score (nSPS) is 24.7. The summed E-state index contributed by atoms with van der Waals surface area (Å²) in [5, 5.41) is 12.6. The van der Waals surface area contributed by atoms with Gasteiger partial charge in [0.05, 0.1) is 18.3 Å². The van der Waals surface area contributed by atoms with E-state index in [1.165, 1.54) is 7.05 Å². The molecule has 0 unspecified atom stereocenters. The van der Waals surface area contributed by atoms with Crippen LogP contribution >= 0.6 is 0 Å². The summed E-state index contributed by atoms with van der Waals surface area (Å²) in [5.74, 6) is -0.713. The second-order valence-electron chi connectivity index (χ2n) is 4.15. The fraction of sp³-hybridized carbons (Fsp3) is 0.500. The highest BCUT2D eigenvalue weighted by molar-refractivity contribution is 7.89. The summed E-state index contributed by atoms with van der Waals surface area (Å²) in [4.78, 5) is 3.30. The molecule has 0 aliphatic carbocycles. The van der Waals surface area contributed by atoms with Crippen LogP contribution in [0.2, 0.25) is 0 Å². The number of hydrogen-bond donors (Lipinski definition) is 2. The molecule has 2 atom stereocenters. The molecular formula is C10H14FN3O3S. The molecule has 18 heavy (non-hydrogen) atoms. The van der Waals surface area contributed by atoms with Crippen molar-refractivity contribution >= 4 is 10.0 Å². The zero-order valence-electron chi connectivity index (χ0n) is 9.75. The molecule has 0 aromatic carbocycles.